The lowest BCUT2D eigenvalue weighted by molar-refractivity contribution is -0.107. The Morgan fingerprint density at radius 2 is 1.93 bits per heavy atom. The Kier molecular flexibility index (Phi) is 11.4. The summed E-state index contributed by atoms with van der Waals surface area (Å²) in [5.74, 6) is -2.39. The summed E-state index contributed by atoms with van der Waals surface area (Å²) in [4.78, 5) is 17.7. The van der Waals surface area contributed by atoms with E-state index in [1.165, 1.54) is 36.6 Å². The highest BCUT2D eigenvalue weighted by Gasteiger charge is 2.25. The number of aryl methyl sites for hydroxylation is 1. The van der Waals surface area contributed by atoms with Gasteiger partial charge in [-0.05, 0) is 73.6 Å². The molecule has 1 aromatic heterocycles. The van der Waals surface area contributed by atoms with Crippen molar-refractivity contribution in [2.45, 2.75) is 37.2 Å². The molecule has 2 aromatic rings. The van der Waals surface area contributed by atoms with Crippen LogP contribution in [-0.2, 0) is 15.6 Å². The highest BCUT2D eigenvalue weighted by atomic mass is 32.2. The molecule has 0 radical (unpaired) electrons. The van der Waals surface area contributed by atoms with Crippen molar-refractivity contribution in [3.63, 3.8) is 0 Å². The van der Waals surface area contributed by atoms with E-state index in [2.05, 4.69) is 22.2 Å². The van der Waals surface area contributed by atoms with Crippen LogP contribution in [0.5, 0.6) is 0 Å². The number of pyridine rings is 1. The van der Waals surface area contributed by atoms with Crippen LogP contribution in [0.15, 0.2) is 107 Å². The van der Waals surface area contributed by atoms with Crippen molar-refractivity contribution in [1.29, 1.82) is 0 Å². The predicted octanol–water partition coefficient (Wildman–Crippen LogP) is 6.66. The van der Waals surface area contributed by atoms with E-state index < -0.39 is 46.2 Å². The van der Waals surface area contributed by atoms with Gasteiger partial charge in [0.25, 0.3) is 0 Å². The van der Waals surface area contributed by atoms with Gasteiger partial charge < -0.3 is 20.3 Å². The van der Waals surface area contributed by atoms with Gasteiger partial charge in [0.15, 0.2) is 0 Å². The normalized spacial score (nSPS) is 17.6. The van der Waals surface area contributed by atoms with E-state index >= 15 is 4.39 Å². The largest absolute Gasteiger partial charge is 0.378 e. The molecule has 0 saturated heterocycles. The molecule has 3 atom stereocenters. The van der Waals surface area contributed by atoms with Gasteiger partial charge in [0.05, 0.1) is 27.6 Å². The highest BCUT2D eigenvalue weighted by molar-refractivity contribution is 7.84. The van der Waals surface area contributed by atoms with Crippen LogP contribution in [0.3, 0.4) is 0 Å². The van der Waals surface area contributed by atoms with Crippen LogP contribution in [0, 0.1) is 18.6 Å². The monoisotopic (exact) mass is 614 g/mol. The zero-order chi connectivity index (χ0) is 31.8. The van der Waals surface area contributed by atoms with Crippen molar-refractivity contribution in [1.82, 2.24) is 15.2 Å². The highest BCUT2D eigenvalue weighted by Crippen LogP contribution is 2.33. The Hall–Kier alpha value is -4.25. The lowest BCUT2D eigenvalue weighted by atomic mass is 9.94. The van der Waals surface area contributed by atoms with Crippen LogP contribution < -0.4 is 10.6 Å². The predicted molar refractivity (Wildman–Crippen MR) is 163 cm³/mol. The third-order valence-corrected chi connectivity index (χ3v) is 7.68. The smallest absolute Gasteiger partial charge is 0.141 e. The lowest BCUT2D eigenvalue weighted by Gasteiger charge is -2.27. The van der Waals surface area contributed by atoms with Crippen LogP contribution >= 0.6 is 0 Å². The molecule has 0 saturated carbocycles. The van der Waals surface area contributed by atoms with E-state index in [1.54, 1.807) is 45.1 Å². The summed E-state index contributed by atoms with van der Waals surface area (Å²) in [6.07, 6.45) is 9.77. The van der Waals surface area contributed by atoms with Crippen molar-refractivity contribution in [2.75, 3.05) is 25.7 Å². The summed E-state index contributed by atoms with van der Waals surface area (Å²) in [6, 6.07) is 3.42. The first-order chi connectivity index (χ1) is 20.4. The first kappa shape index (κ1) is 33.3. The number of aldehydes is 1. The molecule has 0 fully saturated rings. The van der Waals surface area contributed by atoms with Crippen LogP contribution in [0.4, 0.5) is 23.2 Å². The van der Waals surface area contributed by atoms with Gasteiger partial charge in [0, 0.05) is 61.5 Å². The summed E-state index contributed by atoms with van der Waals surface area (Å²) >= 11 is 0. The molecule has 2 N–H and O–H groups in total. The van der Waals surface area contributed by atoms with Crippen molar-refractivity contribution in [3.8, 4) is 0 Å². The summed E-state index contributed by atoms with van der Waals surface area (Å²) in [5, 5.41) is 6.12. The van der Waals surface area contributed by atoms with Gasteiger partial charge in [0.1, 0.15) is 35.6 Å². The molecule has 6 nitrogen and oxygen atoms in total. The molecular weight excluding hydrogens is 580 g/mol. The van der Waals surface area contributed by atoms with Crippen LogP contribution in [0.1, 0.15) is 30.6 Å². The first-order valence-corrected chi connectivity index (χ1v) is 14.8. The van der Waals surface area contributed by atoms with Crippen molar-refractivity contribution >= 4 is 22.8 Å². The third-order valence-electron chi connectivity index (χ3n) is 6.72. The number of dihydropyridines is 1. The number of nitrogens with zero attached hydrogens (tertiary/aromatic N) is 2. The molecule has 2 heterocycles. The number of aromatic nitrogens is 1. The van der Waals surface area contributed by atoms with Crippen LogP contribution in [0.2, 0.25) is 0 Å². The zero-order valence-electron chi connectivity index (χ0n) is 24.6. The minimum atomic E-state index is -1.53. The quantitative estimate of drug-likeness (QED) is 0.158. The molecule has 0 amide bonds. The Morgan fingerprint density at radius 3 is 2.53 bits per heavy atom. The lowest BCUT2D eigenvalue weighted by Crippen LogP contribution is -2.24. The fraction of sp³-hybridized carbons (Fsp3) is 0.250. The fourth-order valence-corrected chi connectivity index (χ4v) is 5.30. The number of nitrogens with one attached hydrogen (secondary N) is 2. The fourth-order valence-electron chi connectivity index (χ4n) is 4.58. The second-order valence-corrected chi connectivity index (χ2v) is 11.4. The molecule has 43 heavy (non-hydrogen) atoms. The van der Waals surface area contributed by atoms with Crippen molar-refractivity contribution in [2.24, 2.45) is 0 Å². The second-order valence-electron chi connectivity index (χ2n) is 10.0. The minimum Gasteiger partial charge on any atom is -0.378 e. The van der Waals surface area contributed by atoms with E-state index in [9.17, 15) is 22.2 Å². The van der Waals surface area contributed by atoms with E-state index in [0.29, 0.717) is 45.6 Å². The van der Waals surface area contributed by atoms with Crippen LogP contribution in [0.25, 0.3) is 0 Å². The van der Waals surface area contributed by atoms with E-state index in [4.69, 9.17) is 0 Å². The molecule has 228 valence electrons. The molecule has 11 heteroatoms. The molecule has 0 bridgehead atoms. The molecule has 1 aliphatic heterocycles. The number of hydrogen-bond donors (Lipinski definition) is 2. The Morgan fingerprint density at radius 1 is 1.21 bits per heavy atom. The summed E-state index contributed by atoms with van der Waals surface area (Å²) in [5.41, 5.74) is 2.85. The maximum absolute atomic E-state index is 15.4. The first-order valence-electron chi connectivity index (χ1n) is 13.3. The Labute approximate surface area is 251 Å². The number of halogens is 4. The number of rotatable bonds is 12. The number of benzene rings is 1. The average molecular weight is 615 g/mol. The molecule has 2 unspecified atom stereocenters. The number of likely N-dealkylation sites (N-methyl/N-ethyl adjacent to an activating group) is 1. The number of anilines is 1. The number of carbonyl (C=O) groups is 1. The second kappa shape index (κ2) is 14.8. The van der Waals surface area contributed by atoms with E-state index in [-0.39, 0.29) is 11.3 Å². The summed E-state index contributed by atoms with van der Waals surface area (Å²) < 4.78 is 70.1. The topological polar surface area (TPSA) is 74.3 Å². The third kappa shape index (κ3) is 8.41. The maximum Gasteiger partial charge on any atom is 0.141 e. The Bertz CT molecular complexity index is 1580. The Balaban J connectivity index is 2.12. The SMILES string of the molecule is C=C\C(F)=C/C(=C(/C=C(/C1=CNC(c2cc(F)cnc2C)C(F)=C1)N(C)C)CC=O)[C@@H](C)Nc1ccc(F)cc1S(C)=O. The molecule has 0 aliphatic carbocycles. The van der Waals surface area contributed by atoms with Gasteiger partial charge in [0.2, 0.25) is 0 Å². The molecule has 1 aliphatic rings. The van der Waals surface area contributed by atoms with Gasteiger partial charge in [-0.15, -0.1) is 0 Å². The molecule has 1 aromatic carbocycles. The number of allylic oxidation sites excluding steroid dienone is 5. The van der Waals surface area contributed by atoms with Gasteiger partial charge in [-0.2, -0.15) is 0 Å². The standard InChI is InChI=1S/C32H34F4N4O2S/c1-7-23(33)14-26(20(3)39-29-9-8-24(34)16-31(29)43(6)42)21(10-11-41)13-30(40(4)5)22-12-28(36)32(38-17-22)27-15-25(35)18-37-19(27)2/h7-9,11-18,20,32,38-39H,1,10H2,2-6H3/b23-14+,26-21-,30-13-/t20-,32?,43?/m1/s1. The molecular formula is C32H34F4N4O2S. The van der Waals surface area contributed by atoms with Crippen molar-refractivity contribution in [3.05, 3.63) is 125 Å². The van der Waals surface area contributed by atoms with Gasteiger partial charge in [-0.1, -0.05) is 6.58 Å². The van der Waals surface area contributed by atoms with Crippen LogP contribution in [-0.4, -0.2) is 46.8 Å². The van der Waals surface area contributed by atoms with E-state index in [1.807, 2.05) is 0 Å². The van der Waals surface area contributed by atoms with Gasteiger partial charge >= 0.3 is 0 Å². The molecule has 0 spiro atoms. The van der Waals surface area contributed by atoms with Crippen molar-refractivity contribution < 1.29 is 26.6 Å². The number of hydrogen-bond acceptors (Lipinski definition) is 6. The average Bonchev–Trinajstić information content (AvgIpc) is 2.95. The maximum atomic E-state index is 15.4. The van der Waals surface area contributed by atoms with E-state index in [0.717, 1.165) is 18.3 Å². The summed E-state index contributed by atoms with van der Waals surface area (Å²) in [6.45, 7) is 6.84. The molecule has 3 rings (SSSR count). The van der Waals surface area contributed by atoms with Gasteiger partial charge in [-0.25, -0.2) is 17.6 Å². The van der Waals surface area contributed by atoms with Gasteiger partial charge in [-0.3, -0.25) is 9.19 Å². The number of carbonyl (C=O) groups excluding carboxylic acids is 1. The minimum absolute atomic E-state index is 0.126. The zero-order valence-corrected chi connectivity index (χ0v) is 25.4. The summed E-state index contributed by atoms with van der Waals surface area (Å²) in [7, 11) is 1.93.